The number of rotatable bonds is 6. The first kappa shape index (κ1) is 15.8. The molecule has 1 aliphatic rings. The van der Waals surface area contributed by atoms with Gasteiger partial charge >= 0.3 is 12.0 Å². The molecule has 0 aromatic rings. The van der Waals surface area contributed by atoms with Gasteiger partial charge in [0, 0.05) is 19.6 Å². The molecule has 1 heterocycles. The minimum atomic E-state index is -0.825. The average molecular weight is 271 g/mol. The van der Waals surface area contributed by atoms with E-state index in [2.05, 4.69) is 10.2 Å². The van der Waals surface area contributed by atoms with E-state index in [-0.39, 0.29) is 6.03 Å². The average Bonchev–Trinajstić information content (AvgIpc) is 2.72. The number of amides is 2. The molecule has 1 unspecified atom stereocenters. The van der Waals surface area contributed by atoms with Gasteiger partial charge in [0.15, 0.2) is 0 Å². The highest BCUT2D eigenvalue weighted by molar-refractivity contribution is 5.79. The second-order valence-corrected chi connectivity index (χ2v) is 5.78. The first-order chi connectivity index (χ1) is 8.85. The summed E-state index contributed by atoms with van der Waals surface area (Å²) in [6.07, 6.45) is 2.50. The van der Waals surface area contributed by atoms with Gasteiger partial charge in [-0.2, -0.15) is 0 Å². The standard InChI is InChI=1S/C13H25N3O3/c1-13(11(17)18)6-9-16(10-13)12(19)14-7-4-5-8-15(2)3/h4-10H2,1-3H3,(H,14,19)(H,17,18). The van der Waals surface area contributed by atoms with Gasteiger partial charge in [-0.1, -0.05) is 0 Å². The first-order valence-electron chi connectivity index (χ1n) is 6.76. The molecule has 0 bridgehead atoms. The van der Waals surface area contributed by atoms with Crippen LogP contribution in [0, 0.1) is 5.41 Å². The van der Waals surface area contributed by atoms with Crippen molar-refractivity contribution in [3.8, 4) is 0 Å². The van der Waals surface area contributed by atoms with Crippen LogP contribution in [0.2, 0.25) is 0 Å². The lowest BCUT2D eigenvalue weighted by Crippen LogP contribution is -2.41. The summed E-state index contributed by atoms with van der Waals surface area (Å²) in [6, 6.07) is -0.144. The predicted octanol–water partition coefficient (Wildman–Crippen LogP) is 0.834. The Morgan fingerprint density at radius 1 is 1.37 bits per heavy atom. The number of nitrogens with one attached hydrogen (secondary N) is 1. The molecule has 1 saturated heterocycles. The monoisotopic (exact) mass is 271 g/mol. The van der Waals surface area contributed by atoms with Gasteiger partial charge in [-0.25, -0.2) is 4.79 Å². The van der Waals surface area contributed by atoms with Crippen molar-refractivity contribution in [2.45, 2.75) is 26.2 Å². The van der Waals surface area contributed by atoms with Crippen LogP contribution >= 0.6 is 0 Å². The molecule has 110 valence electrons. The zero-order valence-electron chi connectivity index (χ0n) is 12.1. The van der Waals surface area contributed by atoms with E-state index < -0.39 is 11.4 Å². The largest absolute Gasteiger partial charge is 0.481 e. The normalized spacial score (nSPS) is 22.8. The molecule has 1 rings (SSSR count). The molecule has 0 spiro atoms. The summed E-state index contributed by atoms with van der Waals surface area (Å²) in [6.45, 7) is 4.17. The highest BCUT2D eigenvalue weighted by Crippen LogP contribution is 2.29. The van der Waals surface area contributed by atoms with Crippen LogP contribution in [0.15, 0.2) is 0 Å². The zero-order chi connectivity index (χ0) is 14.5. The summed E-state index contributed by atoms with van der Waals surface area (Å²) in [7, 11) is 4.05. The summed E-state index contributed by atoms with van der Waals surface area (Å²) >= 11 is 0. The van der Waals surface area contributed by atoms with E-state index in [0.717, 1.165) is 19.4 Å². The number of carboxylic acid groups (broad SMARTS) is 1. The van der Waals surface area contributed by atoms with Crippen LogP contribution in [0.25, 0.3) is 0 Å². The zero-order valence-corrected chi connectivity index (χ0v) is 12.1. The third-order valence-electron chi connectivity index (χ3n) is 3.59. The fraction of sp³-hybridized carbons (Fsp3) is 0.846. The Morgan fingerprint density at radius 2 is 2.05 bits per heavy atom. The van der Waals surface area contributed by atoms with E-state index in [1.807, 2.05) is 14.1 Å². The Kier molecular flexibility index (Phi) is 5.60. The van der Waals surface area contributed by atoms with Crippen LogP contribution in [0.5, 0.6) is 0 Å². The molecule has 6 heteroatoms. The number of carbonyl (C=O) groups is 2. The fourth-order valence-electron chi connectivity index (χ4n) is 2.17. The third-order valence-corrected chi connectivity index (χ3v) is 3.59. The second-order valence-electron chi connectivity index (χ2n) is 5.78. The number of hydrogen-bond donors (Lipinski definition) is 2. The number of carboxylic acids is 1. The van der Waals surface area contributed by atoms with Crippen molar-refractivity contribution in [1.82, 2.24) is 15.1 Å². The summed E-state index contributed by atoms with van der Waals surface area (Å²) in [4.78, 5) is 26.7. The number of aliphatic carboxylic acids is 1. The predicted molar refractivity (Wildman–Crippen MR) is 73.1 cm³/mol. The molecule has 0 saturated carbocycles. The lowest BCUT2D eigenvalue weighted by atomic mass is 9.90. The molecule has 0 aromatic heterocycles. The number of hydrogen-bond acceptors (Lipinski definition) is 3. The topological polar surface area (TPSA) is 72.9 Å². The smallest absolute Gasteiger partial charge is 0.317 e. The van der Waals surface area contributed by atoms with Crippen molar-refractivity contribution in [2.75, 3.05) is 40.3 Å². The molecule has 0 aliphatic carbocycles. The minimum absolute atomic E-state index is 0.144. The van der Waals surface area contributed by atoms with Crippen LogP contribution in [0.4, 0.5) is 4.79 Å². The minimum Gasteiger partial charge on any atom is -0.481 e. The maximum absolute atomic E-state index is 11.9. The van der Waals surface area contributed by atoms with Gasteiger partial charge in [-0.05, 0) is 46.8 Å². The van der Waals surface area contributed by atoms with Crippen LogP contribution < -0.4 is 5.32 Å². The molecule has 2 amide bonds. The maximum atomic E-state index is 11.9. The Morgan fingerprint density at radius 3 is 2.58 bits per heavy atom. The van der Waals surface area contributed by atoms with Crippen molar-refractivity contribution in [3.63, 3.8) is 0 Å². The quantitative estimate of drug-likeness (QED) is 0.702. The summed E-state index contributed by atoms with van der Waals surface area (Å²) < 4.78 is 0. The molecule has 1 fully saturated rings. The van der Waals surface area contributed by atoms with Gasteiger partial charge in [0.2, 0.25) is 0 Å². The van der Waals surface area contributed by atoms with E-state index in [4.69, 9.17) is 5.11 Å². The maximum Gasteiger partial charge on any atom is 0.317 e. The number of likely N-dealkylation sites (tertiary alicyclic amines) is 1. The van der Waals surface area contributed by atoms with Gasteiger partial charge in [0.05, 0.1) is 5.41 Å². The van der Waals surface area contributed by atoms with Gasteiger partial charge in [-0.15, -0.1) is 0 Å². The van der Waals surface area contributed by atoms with Crippen LogP contribution in [-0.4, -0.2) is 67.2 Å². The molecule has 1 aliphatic heterocycles. The van der Waals surface area contributed by atoms with Gasteiger partial charge in [-0.3, -0.25) is 4.79 Å². The summed E-state index contributed by atoms with van der Waals surface area (Å²) in [5.41, 5.74) is -0.789. The van der Waals surface area contributed by atoms with Crippen molar-refractivity contribution in [3.05, 3.63) is 0 Å². The molecule has 19 heavy (non-hydrogen) atoms. The molecular weight excluding hydrogens is 246 g/mol. The van der Waals surface area contributed by atoms with Gasteiger partial charge < -0.3 is 20.2 Å². The Balaban J connectivity index is 2.23. The fourth-order valence-corrected chi connectivity index (χ4v) is 2.17. The second kappa shape index (κ2) is 6.75. The molecule has 1 atom stereocenters. The van der Waals surface area contributed by atoms with E-state index in [1.165, 1.54) is 0 Å². The van der Waals surface area contributed by atoms with E-state index >= 15 is 0 Å². The Hall–Kier alpha value is -1.30. The number of unbranched alkanes of at least 4 members (excludes halogenated alkanes) is 1. The Bertz CT molecular complexity index is 333. The van der Waals surface area contributed by atoms with Crippen molar-refractivity contribution in [2.24, 2.45) is 5.41 Å². The van der Waals surface area contributed by atoms with Crippen LogP contribution in [0.3, 0.4) is 0 Å². The van der Waals surface area contributed by atoms with Crippen molar-refractivity contribution >= 4 is 12.0 Å². The number of urea groups is 1. The van der Waals surface area contributed by atoms with E-state index in [1.54, 1.807) is 11.8 Å². The Labute approximate surface area is 114 Å². The lowest BCUT2D eigenvalue weighted by molar-refractivity contribution is -0.146. The summed E-state index contributed by atoms with van der Waals surface area (Å²) in [5.74, 6) is -0.825. The van der Waals surface area contributed by atoms with Crippen molar-refractivity contribution in [1.29, 1.82) is 0 Å². The van der Waals surface area contributed by atoms with Gasteiger partial charge in [0.1, 0.15) is 0 Å². The number of nitrogens with zero attached hydrogens (tertiary/aromatic N) is 2. The van der Waals surface area contributed by atoms with Crippen LogP contribution in [0.1, 0.15) is 26.2 Å². The number of carbonyl (C=O) groups excluding carboxylic acids is 1. The first-order valence-corrected chi connectivity index (χ1v) is 6.76. The molecule has 0 aromatic carbocycles. The van der Waals surface area contributed by atoms with E-state index in [0.29, 0.717) is 26.1 Å². The molecular formula is C13H25N3O3. The van der Waals surface area contributed by atoms with Crippen molar-refractivity contribution < 1.29 is 14.7 Å². The van der Waals surface area contributed by atoms with Gasteiger partial charge in [0.25, 0.3) is 0 Å². The highest BCUT2D eigenvalue weighted by atomic mass is 16.4. The molecule has 6 nitrogen and oxygen atoms in total. The third kappa shape index (κ3) is 4.70. The molecule has 0 radical (unpaired) electrons. The van der Waals surface area contributed by atoms with E-state index in [9.17, 15) is 9.59 Å². The summed E-state index contributed by atoms with van der Waals surface area (Å²) in [5, 5.41) is 12.0. The lowest BCUT2D eigenvalue weighted by Gasteiger charge is -2.20. The molecule has 2 N–H and O–H groups in total. The van der Waals surface area contributed by atoms with Crippen LogP contribution in [-0.2, 0) is 4.79 Å². The SMILES string of the molecule is CN(C)CCCCNC(=O)N1CCC(C)(C(=O)O)C1. The highest BCUT2D eigenvalue weighted by Gasteiger charge is 2.41.